The Morgan fingerprint density at radius 3 is 2.34 bits per heavy atom. The summed E-state index contributed by atoms with van der Waals surface area (Å²) in [7, 11) is 4.05. The minimum absolute atomic E-state index is 0.0726. The van der Waals surface area contributed by atoms with Crippen molar-refractivity contribution >= 4 is 17.5 Å². The molecule has 2 heterocycles. The van der Waals surface area contributed by atoms with Gasteiger partial charge in [0.2, 0.25) is 0 Å². The summed E-state index contributed by atoms with van der Waals surface area (Å²) in [6.07, 6.45) is 8.70. The number of aromatic nitrogens is 2. The molecule has 32 heavy (non-hydrogen) atoms. The van der Waals surface area contributed by atoms with E-state index in [1.165, 1.54) is 38.5 Å². The predicted octanol–water partition coefficient (Wildman–Crippen LogP) is 2.79. The van der Waals surface area contributed by atoms with Crippen LogP contribution in [0.2, 0.25) is 0 Å². The lowest BCUT2D eigenvalue weighted by molar-refractivity contribution is -0.0503. The summed E-state index contributed by atoms with van der Waals surface area (Å²) in [5.41, 5.74) is 8.81. The highest BCUT2D eigenvalue weighted by molar-refractivity contribution is 5.97. The molecule has 0 unspecified atom stereocenters. The van der Waals surface area contributed by atoms with E-state index in [4.69, 9.17) is 5.73 Å². The topological polar surface area (TPSA) is 92.7 Å². The van der Waals surface area contributed by atoms with Crippen molar-refractivity contribution in [2.75, 3.05) is 27.2 Å². The van der Waals surface area contributed by atoms with Crippen molar-refractivity contribution in [1.82, 2.24) is 19.6 Å². The molecule has 0 saturated heterocycles. The average molecular weight is 438 g/mol. The quantitative estimate of drug-likeness (QED) is 0.697. The SMILES string of the molecule is Cc1c(C(N)=O)nc2ccc(CCN(C)C)c(C(=O)NCC34CC5CC(CC(C5)C3)C4)n12. The number of primary amides is 1. The zero-order valence-corrected chi connectivity index (χ0v) is 19.5. The van der Waals surface area contributed by atoms with E-state index in [9.17, 15) is 9.59 Å². The van der Waals surface area contributed by atoms with Crippen LogP contribution in [0.25, 0.3) is 5.65 Å². The maximum Gasteiger partial charge on any atom is 0.269 e. The molecular formula is C25H35N5O2. The lowest BCUT2D eigenvalue weighted by atomic mass is 9.49. The molecule has 2 amide bonds. The summed E-state index contributed by atoms with van der Waals surface area (Å²) in [6.45, 7) is 3.39. The number of fused-ring (bicyclic) bond motifs is 1. The van der Waals surface area contributed by atoms with Crippen molar-refractivity contribution in [1.29, 1.82) is 0 Å². The summed E-state index contributed by atoms with van der Waals surface area (Å²) >= 11 is 0. The van der Waals surface area contributed by atoms with Crippen LogP contribution in [0.15, 0.2) is 12.1 Å². The van der Waals surface area contributed by atoms with Crippen LogP contribution >= 0.6 is 0 Å². The Morgan fingerprint density at radius 1 is 1.16 bits per heavy atom. The number of hydrogen-bond donors (Lipinski definition) is 2. The molecule has 4 saturated carbocycles. The molecule has 172 valence electrons. The number of aryl methyl sites for hydroxylation is 1. The Morgan fingerprint density at radius 2 is 1.78 bits per heavy atom. The molecule has 0 atom stereocenters. The highest BCUT2D eigenvalue weighted by atomic mass is 16.2. The van der Waals surface area contributed by atoms with Gasteiger partial charge in [0.05, 0.1) is 5.69 Å². The van der Waals surface area contributed by atoms with Gasteiger partial charge in [-0.15, -0.1) is 0 Å². The summed E-state index contributed by atoms with van der Waals surface area (Å²) in [5, 5.41) is 3.32. The Bertz CT molecular complexity index is 1030. The number of rotatable bonds is 7. The van der Waals surface area contributed by atoms with Crippen LogP contribution in [0.1, 0.15) is 70.8 Å². The van der Waals surface area contributed by atoms with Crippen LogP contribution in [-0.2, 0) is 6.42 Å². The smallest absolute Gasteiger partial charge is 0.269 e. The highest BCUT2D eigenvalue weighted by Crippen LogP contribution is 2.59. The Balaban J connectivity index is 1.46. The molecule has 7 heteroatoms. The van der Waals surface area contributed by atoms with E-state index in [2.05, 4.69) is 15.2 Å². The molecule has 0 radical (unpaired) electrons. The maximum atomic E-state index is 13.7. The van der Waals surface area contributed by atoms with Gasteiger partial charge in [-0.3, -0.25) is 14.0 Å². The first kappa shape index (κ1) is 21.4. The fourth-order valence-electron chi connectivity index (χ4n) is 7.20. The van der Waals surface area contributed by atoms with Crippen LogP contribution < -0.4 is 11.1 Å². The molecule has 2 aromatic rings. The molecule has 0 aromatic carbocycles. The number of pyridine rings is 1. The molecule has 2 aromatic heterocycles. The number of hydrogen-bond acceptors (Lipinski definition) is 4. The van der Waals surface area contributed by atoms with Crippen molar-refractivity contribution in [3.05, 3.63) is 34.8 Å². The van der Waals surface area contributed by atoms with Gasteiger partial charge in [-0.1, -0.05) is 6.07 Å². The summed E-state index contributed by atoms with van der Waals surface area (Å²) in [4.78, 5) is 32.1. The van der Waals surface area contributed by atoms with Crippen molar-refractivity contribution in [3.63, 3.8) is 0 Å². The fourth-order valence-corrected chi connectivity index (χ4v) is 7.20. The van der Waals surface area contributed by atoms with Gasteiger partial charge >= 0.3 is 0 Å². The lowest BCUT2D eigenvalue weighted by Crippen LogP contribution is -2.51. The van der Waals surface area contributed by atoms with E-state index in [1.54, 1.807) is 0 Å². The first-order valence-electron chi connectivity index (χ1n) is 12.0. The third-order valence-corrected chi connectivity index (χ3v) is 8.16. The molecule has 4 aliphatic carbocycles. The van der Waals surface area contributed by atoms with Crippen LogP contribution in [-0.4, -0.2) is 53.3 Å². The monoisotopic (exact) mass is 437 g/mol. The second kappa shape index (κ2) is 7.87. The summed E-state index contributed by atoms with van der Waals surface area (Å²) in [6, 6.07) is 3.84. The van der Waals surface area contributed by atoms with Crippen molar-refractivity contribution in [2.45, 2.75) is 51.9 Å². The van der Waals surface area contributed by atoms with E-state index in [-0.39, 0.29) is 17.0 Å². The third-order valence-electron chi connectivity index (χ3n) is 8.16. The average Bonchev–Trinajstić information content (AvgIpc) is 3.06. The molecule has 3 N–H and O–H groups in total. The predicted molar refractivity (Wildman–Crippen MR) is 124 cm³/mol. The van der Waals surface area contributed by atoms with Gasteiger partial charge in [-0.25, -0.2) is 4.98 Å². The van der Waals surface area contributed by atoms with E-state index in [0.717, 1.165) is 42.8 Å². The van der Waals surface area contributed by atoms with Crippen molar-refractivity contribution in [3.8, 4) is 0 Å². The van der Waals surface area contributed by atoms with Gasteiger partial charge in [-0.2, -0.15) is 0 Å². The largest absolute Gasteiger partial charge is 0.364 e. The number of carbonyl (C=O) groups excluding carboxylic acids is 2. The third kappa shape index (κ3) is 3.70. The molecule has 0 aliphatic heterocycles. The van der Waals surface area contributed by atoms with Gasteiger partial charge in [0, 0.05) is 13.1 Å². The van der Waals surface area contributed by atoms with Gasteiger partial charge in [0.1, 0.15) is 17.0 Å². The number of carbonyl (C=O) groups is 2. The molecule has 4 bridgehead atoms. The van der Waals surface area contributed by atoms with Crippen LogP contribution in [0.4, 0.5) is 0 Å². The van der Waals surface area contributed by atoms with E-state index in [1.807, 2.05) is 37.6 Å². The molecule has 6 rings (SSSR count). The van der Waals surface area contributed by atoms with E-state index >= 15 is 0 Å². The molecule has 4 aliphatic rings. The Hall–Kier alpha value is -2.41. The summed E-state index contributed by atoms with van der Waals surface area (Å²) in [5.74, 6) is 1.92. The second-order valence-electron chi connectivity index (χ2n) is 11.0. The summed E-state index contributed by atoms with van der Waals surface area (Å²) < 4.78 is 1.82. The van der Waals surface area contributed by atoms with Gasteiger partial charge in [-0.05, 0) is 101 Å². The van der Waals surface area contributed by atoms with Crippen LogP contribution in [0.5, 0.6) is 0 Å². The fraction of sp³-hybridized carbons (Fsp3) is 0.640. The van der Waals surface area contributed by atoms with E-state index in [0.29, 0.717) is 17.0 Å². The first-order chi connectivity index (χ1) is 15.2. The minimum atomic E-state index is -0.569. The zero-order valence-electron chi connectivity index (χ0n) is 19.5. The molecular weight excluding hydrogens is 402 g/mol. The number of imidazole rings is 1. The number of amides is 2. The van der Waals surface area contributed by atoms with Crippen molar-refractivity contribution in [2.24, 2.45) is 28.9 Å². The zero-order chi connectivity index (χ0) is 22.6. The number of nitrogens with two attached hydrogens (primary N) is 1. The normalized spacial score (nSPS) is 28.6. The molecule has 7 nitrogen and oxygen atoms in total. The standard InChI is InChI=1S/C25H35N5O2/c1-15-21(23(26)31)28-20-5-4-19(6-7-29(2)3)22(30(15)20)24(32)27-14-25-11-16-8-17(12-25)10-18(9-16)13-25/h4-5,16-18H,6-14H2,1-3H3,(H2,26,31)(H,27,32). The molecule has 4 fully saturated rings. The highest BCUT2D eigenvalue weighted by Gasteiger charge is 2.50. The van der Waals surface area contributed by atoms with E-state index < -0.39 is 5.91 Å². The minimum Gasteiger partial charge on any atom is -0.364 e. The number of likely N-dealkylation sites (N-methyl/N-ethyl adjacent to an activating group) is 1. The first-order valence-corrected chi connectivity index (χ1v) is 12.0. The molecule has 0 spiro atoms. The van der Waals surface area contributed by atoms with Gasteiger partial charge < -0.3 is 16.0 Å². The van der Waals surface area contributed by atoms with Crippen molar-refractivity contribution < 1.29 is 9.59 Å². The maximum absolute atomic E-state index is 13.7. The Labute approximate surface area is 189 Å². The number of nitrogens with one attached hydrogen (secondary N) is 1. The van der Waals surface area contributed by atoms with Crippen LogP contribution in [0, 0.1) is 30.1 Å². The second-order valence-corrected chi connectivity index (χ2v) is 11.0. The van der Waals surface area contributed by atoms with Gasteiger partial charge in [0.25, 0.3) is 11.8 Å². The Kier molecular flexibility index (Phi) is 5.27. The van der Waals surface area contributed by atoms with Crippen LogP contribution in [0.3, 0.4) is 0 Å². The van der Waals surface area contributed by atoms with Gasteiger partial charge in [0.15, 0.2) is 0 Å². The number of nitrogens with zero attached hydrogens (tertiary/aromatic N) is 3. The lowest BCUT2D eigenvalue weighted by Gasteiger charge is -2.56.